The molecule has 0 fully saturated rings. The van der Waals surface area contributed by atoms with Gasteiger partial charge in [0.25, 0.3) is 0 Å². The topological polar surface area (TPSA) is 23.8 Å². The van der Waals surface area contributed by atoms with Crippen molar-refractivity contribution in [1.82, 2.24) is 0 Å². The van der Waals surface area contributed by atoms with Gasteiger partial charge in [0.05, 0.1) is 16.1 Å². The van der Waals surface area contributed by atoms with Gasteiger partial charge in [0, 0.05) is 6.42 Å². The van der Waals surface area contributed by atoms with E-state index in [0.717, 1.165) is 5.56 Å². The first-order valence-corrected chi connectivity index (χ1v) is 4.80. The van der Waals surface area contributed by atoms with E-state index < -0.39 is 5.38 Å². The third kappa shape index (κ3) is 3.08. The van der Waals surface area contributed by atoms with E-state index in [1.807, 2.05) is 6.07 Å². The van der Waals surface area contributed by atoms with Gasteiger partial charge < -0.3 is 0 Å². The van der Waals surface area contributed by atoms with Crippen molar-refractivity contribution in [3.8, 4) is 6.07 Å². The maximum Gasteiger partial charge on any atom is 0.124 e. The molecule has 1 unspecified atom stereocenters. The molecule has 4 heteroatoms. The van der Waals surface area contributed by atoms with E-state index >= 15 is 0 Å². The molecule has 1 aromatic rings. The zero-order valence-corrected chi connectivity index (χ0v) is 8.87. The number of halogens is 3. The number of hydrogen-bond acceptors (Lipinski definition) is 1. The van der Waals surface area contributed by atoms with E-state index in [2.05, 4.69) is 0 Å². The second-order valence-electron chi connectivity index (χ2n) is 2.55. The molecule has 13 heavy (non-hydrogen) atoms. The normalized spacial score (nSPS) is 12.2. The average molecular weight is 235 g/mol. The molecule has 0 spiro atoms. The van der Waals surface area contributed by atoms with Crippen LogP contribution in [0.5, 0.6) is 0 Å². The Morgan fingerprint density at radius 2 is 2.00 bits per heavy atom. The van der Waals surface area contributed by atoms with Gasteiger partial charge in [0.1, 0.15) is 5.38 Å². The minimum atomic E-state index is -0.516. The number of alkyl halides is 1. The number of benzene rings is 1. The molecule has 1 atom stereocenters. The number of rotatable bonds is 2. The average Bonchev–Trinajstić information content (AvgIpc) is 2.11. The van der Waals surface area contributed by atoms with Crippen molar-refractivity contribution in [2.45, 2.75) is 11.8 Å². The summed E-state index contributed by atoms with van der Waals surface area (Å²) >= 11 is 17.2. The van der Waals surface area contributed by atoms with Crippen LogP contribution in [0.3, 0.4) is 0 Å². The monoisotopic (exact) mass is 233 g/mol. The molecule has 0 aliphatic rings. The standard InChI is InChI=1S/C9H6Cl3N/c10-7(5-13)3-6-1-2-8(11)9(12)4-6/h1-2,4,7H,3H2. The van der Waals surface area contributed by atoms with Crippen LogP contribution in [0.15, 0.2) is 18.2 Å². The van der Waals surface area contributed by atoms with Gasteiger partial charge in [-0.3, -0.25) is 0 Å². The Balaban J connectivity index is 2.81. The predicted octanol–water partition coefficient (Wildman–Crippen LogP) is 3.67. The highest BCUT2D eigenvalue weighted by Gasteiger charge is 2.05. The summed E-state index contributed by atoms with van der Waals surface area (Å²) in [5.41, 5.74) is 0.913. The van der Waals surface area contributed by atoms with Crippen LogP contribution < -0.4 is 0 Å². The number of nitriles is 1. The number of hydrogen-bond donors (Lipinski definition) is 0. The van der Waals surface area contributed by atoms with Gasteiger partial charge >= 0.3 is 0 Å². The molecule has 0 bridgehead atoms. The predicted molar refractivity (Wildman–Crippen MR) is 55.4 cm³/mol. The quantitative estimate of drug-likeness (QED) is 0.716. The van der Waals surface area contributed by atoms with E-state index in [0.29, 0.717) is 16.5 Å². The largest absolute Gasteiger partial charge is 0.197 e. The van der Waals surface area contributed by atoms with Crippen molar-refractivity contribution < 1.29 is 0 Å². The van der Waals surface area contributed by atoms with Crippen LogP contribution >= 0.6 is 34.8 Å². The van der Waals surface area contributed by atoms with E-state index in [-0.39, 0.29) is 0 Å². The van der Waals surface area contributed by atoms with Crippen LogP contribution in [-0.4, -0.2) is 5.38 Å². The Morgan fingerprint density at radius 3 is 2.54 bits per heavy atom. The molecule has 0 aliphatic carbocycles. The molecule has 0 amide bonds. The Bertz CT molecular complexity index is 343. The van der Waals surface area contributed by atoms with Crippen molar-refractivity contribution in [3.05, 3.63) is 33.8 Å². The summed E-state index contributed by atoms with van der Waals surface area (Å²) in [7, 11) is 0. The molecule has 1 rings (SSSR count). The fourth-order valence-electron chi connectivity index (χ4n) is 0.919. The molecule has 0 aliphatic heterocycles. The smallest absolute Gasteiger partial charge is 0.124 e. The third-order valence-corrected chi connectivity index (χ3v) is 2.53. The molecule has 0 saturated heterocycles. The molecule has 0 aromatic heterocycles. The van der Waals surface area contributed by atoms with E-state index in [9.17, 15) is 0 Å². The number of nitrogens with zero attached hydrogens (tertiary/aromatic N) is 1. The zero-order valence-electron chi connectivity index (χ0n) is 6.60. The first-order chi connectivity index (χ1) is 6.13. The van der Waals surface area contributed by atoms with Gasteiger partial charge in [-0.25, -0.2) is 0 Å². The summed E-state index contributed by atoms with van der Waals surface area (Å²) in [4.78, 5) is 0. The zero-order chi connectivity index (χ0) is 9.84. The van der Waals surface area contributed by atoms with E-state index in [1.54, 1.807) is 18.2 Å². The van der Waals surface area contributed by atoms with Gasteiger partial charge in [-0.2, -0.15) is 5.26 Å². The minimum absolute atomic E-state index is 0.481. The highest BCUT2D eigenvalue weighted by Crippen LogP contribution is 2.23. The lowest BCUT2D eigenvalue weighted by Gasteiger charge is -2.02. The second-order valence-corrected chi connectivity index (χ2v) is 3.89. The Hall–Kier alpha value is -0.420. The summed E-state index contributed by atoms with van der Waals surface area (Å²) < 4.78 is 0. The lowest BCUT2D eigenvalue weighted by Crippen LogP contribution is -1.99. The lowest BCUT2D eigenvalue weighted by atomic mass is 10.1. The minimum Gasteiger partial charge on any atom is -0.197 e. The van der Waals surface area contributed by atoms with Gasteiger partial charge in [-0.05, 0) is 17.7 Å². The van der Waals surface area contributed by atoms with Crippen molar-refractivity contribution in [1.29, 1.82) is 5.26 Å². The first kappa shape index (κ1) is 10.7. The van der Waals surface area contributed by atoms with Crippen LogP contribution in [0, 0.1) is 11.3 Å². The van der Waals surface area contributed by atoms with Gasteiger partial charge in [0.2, 0.25) is 0 Å². The lowest BCUT2D eigenvalue weighted by molar-refractivity contribution is 1.02. The third-order valence-electron chi connectivity index (χ3n) is 1.54. The van der Waals surface area contributed by atoms with Gasteiger partial charge in [-0.1, -0.05) is 29.3 Å². The molecule has 1 aromatic carbocycles. The maximum atomic E-state index is 8.48. The summed E-state index contributed by atoms with van der Waals surface area (Å²) in [6.07, 6.45) is 0.481. The van der Waals surface area contributed by atoms with Crippen LogP contribution in [-0.2, 0) is 6.42 Å². The van der Waals surface area contributed by atoms with Crippen molar-refractivity contribution in [3.63, 3.8) is 0 Å². The molecule has 0 heterocycles. The van der Waals surface area contributed by atoms with Crippen molar-refractivity contribution >= 4 is 34.8 Å². The molecular weight excluding hydrogens is 228 g/mol. The van der Waals surface area contributed by atoms with E-state index in [4.69, 9.17) is 40.1 Å². The molecule has 0 N–H and O–H groups in total. The fraction of sp³-hybridized carbons (Fsp3) is 0.222. The van der Waals surface area contributed by atoms with Crippen molar-refractivity contribution in [2.24, 2.45) is 0 Å². The van der Waals surface area contributed by atoms with Crippen molar-refractivity contribution in [2.75, 3.05) is 0 Å². The van der Waals surface area contributed by atoms with Crippen LogP contribution in [0.25, 0.3) is 0 Å². The molecule has 68 valence electrons. The molecule has 0 saturated carbocycles. The Labute approximate surface area is 91.8 Å². The highest BCUT2D eigenvalue weighted by atomic mass is 35.5. The van der Waals surface area contributed by atoms with Crippen LogP contribution in [0.2, 0.25) is 10.0 Å². The first-order valence-electron chi connectivity index (χ1n) is 3.61. The Kier molecular flexibility index (Phi) is 3.87. The SMILES string of the molecule is N#CC(Cl)Cc1ccc(Cl)c(Cl)c1. The Morgan fingerprint density at radius 1 is 1.31 bits per heavy atom. The second kappa shape index (κ2) is 4.72. The molecule has 0 radical (unpaired) electrons. The summed E-state index contributed by atoms with van der Waals surface area (Å²) in [6.45, 7) is 0. The van der Waals surface area contributed by atoms with Crippen LogP contribution in [0.1, 0.15) is 5.56 Å². The summed E-state index contributed by atoms with van der Waals surface area (Å²) in [6, 6.07) is 7.16. The maximum absolute atomic E-state index is 8.48. The molecule has 1 nitrogen and oxygen atoms in total. The van der Waals surface area contributed by atoms with E-state index in [1.165, 1.54) is 0 Å². The molecular formula is C9H6Cl3N. The fourth-order valence-corrected chi connectivity index (χ4v) is 1.42. The highest BCUT2D eigenvalue weighted by molar-refractivity contribution is 6.42. The summed E-state index contributed by atoms with van der Waals surface area (Å²) in [5, 5.41) is 8.96. The van der Waals surface area contributed by atoms with Crippen LogP contribution in [0.4, 0.5) is 0 Å². The van der Waals surface area contributed by atoms with Gasteiger partial charge in [0.15, 0.2) is 0 Å². The summed E-state index contributed by atoms with van der Waals surface area (Å²) in [5.74, 6) is 0. The van der Waals surface area contributed by atoms with Gasteiger partial charge in [-0.15, -0.1) is 11.6 Å².